The van der Waals surface area contributed by atoms with E-state index in [-0.39, 0.29) is 5.56 Å². The number of halogens is 1. The fraction of sp³-hybridized carbons (Fsp3) is 0.263. The molecule has 25 heavy (non-hydrogen) atoms. The lowest BCUT2D eigenvalue weighted by Crippen LogP contribution is -2.26. The van der Waals surface area contributed by atoms with Crippen LogP contribution in [0.1, 0.15) is 11.4 Å². The smallest absolute Gasteiger partial charge is 0.258 e. The van der Waals surface area contributed by atoms with Crippen molar-refractivity contribution in [1.29, 1.82) is 0 Å². The quantitative estimate of drug-likeness (QED) is 0.680. The maximum absolute atomic E-state index is 12.3. The van der Waals surface area contributed by atoms with Crippen molar-refractivity contribution in [3.63, 3.8) is 0 Å². The monoisotopic (exact) mass is 357 g/mol. The molecule has 0 amide bonds. The van der Waals surface area contributed by atoms with Gasteiger partial charge in [0.15, 0.2) is 0 Å². The summed E-state index contributed by atoms with van der Waals surface area (Å²) >= 11 is 5.85. The number of aryl methyl sites for hydroxylation is 1. The van der Waals surface area contributed by atoms with E-state index in [1.54, 1.807) is 22.6 Å². The zero-order valence-electron chi connectivity index (χ0n) is 14.3. The summed E-state index contributed by atoms with van der Waals surface area (Å²) in [7, 11) is 1.98. The highest BCUT2D eigenvalue weighted by Crippen LogP contribution is 2.15. The molecular formula is C19H20ClN3O2. The van der Waals surface area contributed by atoms with Crippen LogP contribution >= 0.6 is 11.6 Å². The Morgan fingerprint density at radius 3 is 2.72 bits per heavy atom. The first kappa shape index (κ1) is 17.5. The molecule has 0 bridgehead atoms. The summed E-state index contributed by atoms with van der Waals surface area (Å²) < 4.78 is 7.31. The van der Waals surface area contributed by atoms with Crippen molar-refractivity contribution in [2.45, 2.75) is 13.5 Å². The third kappa shape index (κ3) is 4.38. The Hall–Kier alpha value is -2.37. The minimum absolute atomic E-state index is 0.0519. The van der Waals surface area contributed by atoms with Gasteiger partial charge in [-0.25, -0.2) is 4.98 Å². The molecule has 130 valence electrons. The Bertz CT molecular complexity index is 922. The van der Waals surface area contributed by atoms with E-state index in [1.807, 2.05) is 44.3 Å². The molecule has 0 aliphatic heterocycles. The van der Waals surface area contributed by atoms with Gasteiger partial charge >= 0.3 is 0 Å². The normalized spacial score (nSPS) is 11.2. The predicted octanol–water partition coefficient (Wildman–Crippen LogP) is 3.17. The number of hydrogen-bond donors (Lipinski definition) is 0. The minimum atomic E-state index is -0.0519. The van der Waals surface area contributed by atoms with E-state index in [4.69, 9.17) is 16.3 Å². The lowest BCUT2D eigenvalue weighted by molar-refractivity contribution is 0.231. The highest BCUT2D eigenvalue weighted by Gasteiger charge is 2.07. The molecule has 0 saturated carbocycles. The molecule has 2 aromatic heterocycles. The first-order valence-corrected chi connectivity index (χ1v) is 8.46. The predicted molar refractivity (Wildman–Crippen MR) is 99.5 cm³/mol. The van der Waals surface area contributed by atoms with Crippen molar-refractivity contribution in [2.75, 3.05) is 20.2 Å². The van der Waals surface area contributed by atoms with Crippen LogP contribution in [0.3, 0.4) is 0 Å². The van der Waals surface area contributed by atoms with Crippen molar-refractivity contribution in [2.24, 2.45) is 0 Å². The number of likely N-dealkylation sites (N-methyl/N-ethyl adjacent to an activating group) is 1. The Morgan fingerprint density at radius 2 is 1.96 bits per heavy atom. The Morgan fingerprint density at radius 1 is 1.20 bits per heavy atom. The molecule has 0 unspecified atom stereocenters. The molecule has 0 fully saturated rings. The first-order valence-electron chi connectivity index (χ1n) is 8.08. The van der Waals surface area contributed by atoms with Crippen molar-refractivity contribution < 1.29 is 4.74 Å². The fourth-order valence-corrected chi connectivity index (χ4v) is 2.78. The average molecular weight is 358 g/mol. The SMILES string of the molecule is Cc1cccc2nc(CN(C)CCOc3ccc(Cl)cc3)cc(=O)n12. The van der Waals surface area contributed by atoms with E-state index in [1.165, 1.54) is 0 Å². The van der Waals surface area contributed by atoms with Crippen LogP contribution in [0.15, 0.2) is 53.3 Å². The summed E-state index contributed by atoms with van der Waals surface area (Å²) in [6, 6.07) is 14.5. The van der Waals surface area contributed by atoms with E-state index < -0.39 is 0 Å². The van der Waals surface area contributed by atoms with E-state index in [0.717, 1.165) is 23.7 Å². The van der Waals surface area contributed by atoms with Gasteiger partial charge in [-0.1, -0.05) is 17.7 Å². The van der Waals surface area contributed by atoms with Gasteiger partial charge in [-0.15, -0.1) is 0 Å². The standard InChI is InChI=1S/C19H20ClN3O2/c1-14-4-3-5-18-21-16(12-19(24)23(14)18)13-22(2)10-11-25-17-8-6-15(20)7-9-17/h3-9,12H,10-11,13H2,1-2H3. The minimum Gasteiger partial charge on any atom is -0.492 e. The molecule has 0 aliphatic rings. The Labute approximate surface area is 151 Å². The van der Waals surface area contributed by atoms with Crippen LogP contribution in [0.25, 0.3) is 5.65 Å². The van der Waals surface area contributed by atoms with E-state index >= 15 is 0 Å². The molecule has 0 atom stereocenters. The second kappa shape index (κ2) is 7.68. The number of aromatic nitrogens is 2. The summed E-state index contributed by atoms with van der Waals surface area (Å²) in [6.45, 7) is 3.75. The van der Waals surface area contributed by atoms with Crippen LogP contribution in [0.5, 0.6) is 5.75 Å². The van der Waals surface area contributed by atoms with Crippen molar-refractivity contribution in [1.82, 2.24) is 14.3 Å². The van der Waals surface area contributed by atoms with Gasteiger partial charge in [0.05, 0.1) is 5.69 Å². The molecular weight excluding hydrogens is 338 g/mol. The number of ether oxygens (including phenoxy) is 1. The first-order chi connectivity index (χ1) is 12.0. The van der Waals surface area contributed by atoms with E-state index in [2.05, 4.69) is 9.88 Å². The van der Waals surface area contributed by atoms with Gasteiger partial charge in [0, 0.05) is 29.9 Å². The molecule has 0 spiro atoms. The van der Waals surface area contributed by atoms with Crippen LogP contribution in [0.2, 0.25) is 5.02 Å². The molecule has 3 aromatic rings. The maximum Gasteiger partial charge on any atom is 0.258 e. The third-order valence-electron chi connectivity index (χ3n) is 3.92. The zero-order chi connectivity index (χ0) is 17.8. The van der Waals surface area contributed by atoms with Gasteiger partial charge in [-0.3, -0.25) is 14.1 Å². The molecule has 3 rings (SSSR count). The summed E-state index contributed by atoms with van der Waals surface area (Å²) in [5, 5.41) is 0.688. The largest absolute Gasteiger partial charge is 0.492 e. The van der Waals surface area contributed by atoms with E-state index in [0.29, 0.717) is 23.8 Å². The molecule has 0 N–H and O–H groups in total. The van der Waals surface area contributed by atoms with Crippen LogP contribution in [-0.2, 0) is 6.54 Å². The van der Waals surface area contributed by atoms with Gasteiger partial charge in [0.25, 0.3) is 5.56 Å². The topological polar surface area (TPSA) is 46.8 Å². The van der Waals surface area contributed by atoms with Crippen molar-refractivity contribution in [3.05, 3.63) is 75.3 Å². The summed E-state index contributed by atoms with van der Waals surface area (Å²) in [5.41, 5.74) is 2.26. The molecule has 6 heteroatoms. The molecule has 0 saturated heterocycles. The van der Waals surface area contributed by atoms with Crippen molar-refractivity contribution >= 4 is 17.2 Å². The third-order valence-corrected chi connectivity index (χ3v) is 4.17. The van der Waals surface area contributed by atoms with Crippen LogP contribution in [0.4, 0.5) is 0 Å². The molecule has 2 heterocycles. The molecule has 0 aliphatic carbocycles. The molecule has 5 nitrogen and oxygen atoms in total. The number of hydrogen-bond acceptors (Lipinski definition) is 4. The fourth-order valence-electron chi connectivity index (χ4n) is 2.65. The lowest BCUT2D eigenvalue weighted by atomic mass is 10.3. The summed E-state index contributed by atoms with van der Waals surface area (Å²) in [5.74, 6) is 0.787. The van der Waals surface area contributed by atoms with Gasteiger partial charge in [-0.05, 0) is 50.4 Å². The zero-order valence-corrected chi connectivity index (χ0v) is 15.0. The second-order valence-electron chi connectivity index (χ2n) is 5.99. The Balaban J connectivity index is 1.61. The maximum atomic E-state index is 12.3. The van der Waals surface area contributed by atoms with Crippen LogP contribution < -0.4 is 10.3 Å². The van der Waals surface area contributed by atoms with Gasteiger partial charge in [0.1, 0.15) is 18.0 Å². The number of nitrogens with zero attached hydrogens (tertiary/aromatic N) is 3. The van der Waals surface area contributed by atoms with Crippen LogP contribution in [0, 0.1) is 6.92 Å². The van der Waals surface area contributed by atoms with Gasteiger partial charge < -0.3 is 4.74 Å². The summed E-state index contributed by atoms with van der Waals surface area (Å²) in [4.78, 5) is 18.9. The summed E-state index contributed by atoms with van der Waals surface area (Å²) in [6.07, 6.45) is 0. The Kier molecular flexibility index (Phi) is 5.36. The highest BCUT2D eigenvalue weighted by molar-refractivity contribution is 6.30. The highest BCUT2D eigenvalue weighted by atomic mass is 35.5. The number of rotatable bonds is 6. The van der Waals surface area contributed by atoms with Gasteiger partial charge in [0.2, 0.25) is 0 Å². The average Bonchev–Trinajstić information content (AvgIpc) is 2.56. The second-order valence-corrected chi connectivity index (χ2v) is 6.42. The molecule has 0 radical (unpaired) electrons. The molecule has 1 aromatic carbocycles. The van der Waals surface area contributed by atoms with Crippen LogP contribution in [-0.4, -0.2) is 34.5 Å². The number of fused-ring (bicyclic) bond motifs is 1. The number of pyridine rings is 1. The van der Waals surface area contributed by atoms with Crippen molar-refractivity contribution in [3.8, 4) is 5.75 Å². The van der Waals surface area contributed by atoms with E-state index in [9.17, 15) is 4.79 Å². The lowest BCUT2D eigenvalue weighted by Gasteiger charge is -2.17. The van der Waals surface area contributed by atoms with Gasteiger partial charge in [-0.2, -0.15) is 0 Å². The number of benzene rings is 1.